The van der Waals surface area contributed by atoms with Gasteiger partial charge in [-0.2, -0.15) is 0 Å². The molecule has 0 saturated heterocycles. The summed E-state index contributed by atoms with van der Waals surface area (Å²) in [5.41, 5.74) is 4.88. The molecule has 7 aromatic rings. The minimum Gasteiger partial charge on any atom is -0.478 e. The molecular weight excluding hydrogens is 913 g/mol. The van der Waals surface area contributed by atoms with Crippen LogP contribution in [0, 0.1) is 13.8 Å². The minimum atomic E-state index is -1.27. The highest BCUT2D eigenvalue weighted by Crippen LogP contribution is 2.31. The second kappa shape index (κ2) is 23.2. The van der Waals surface area contributed by atoms with Crippen LogP contribution in [0.15, 0.2) is 146 Å². The van der Waals surface area contributed by atoms with E-state index in [1.807, 2.05) is 50.2 Å². The molecule has 7 rings (SSSR count). The van der Waals surface area contributed by atoms with Crippen LogP contribution in [0.1, 0.15) is 73.3 Å². The van der Waals surface area contributed by atoms with Crippen molar-refractivity contribution in [1.29, 1.82) is 0 Å². The van der Waals surface area contributed by atoms with Crippen molar-refractivity contribution in [2.24, 2.45) is 0 Å². The Balaban J connectivity index is 0.000000237. The lowest BCUT2D eigenvalue weighted by molar-refractivity contribution is -0.121. The summed E-state index contributed by atoms with van der Waals surface area (Å²) in [7, 11) is 2.87. The highest BCUT2D eigenvalue weighted by atomic mass is 16.5. The topological polar surface area (TPSA) is 253 Å². The van der Waals surface area contributed by atoms with Gasteiger partial charge in [0.15, 0.2) is 0 Å². The minimum absolute atomic E-state index is 0.0368. The van der Waals surface area contributed by atoms with E-state index in [4.69, 9.17) is 14.2 Å². The zero-order valence-corrected chi connectivity index (χ0v) is 38.4. The molecule has 0 aliphatic heterocycles. The van der Waals surface area contributed by atoms with Crippen molar-refractivity contribution in [2.45, 2.75) is 13.8 Å². The van der Waals surface area contributed by atoms with E-state index in [9.17, 15) is 48.6 Å². The Bertz CT molecular complexity index is 3170. The second-order valence-corrected chi connectivity index (χ2v) is 15.4. The number of nitrogens with one attached hydrogen (secondary N) is 4. The van der Waals surface area contributed by atoms with Gasteiger partial charge < -0.3 is 45.7 Å². The lowest BCUT2D eigenvalue weighted by atomic mass is 9.96. The SMILES string of the molecule is CNC(=O)c1cc(-c2ccc(C(=O)O)c(C(=O)Nc3ccc(C)cc3)c2)ccc1OC=O.CNC(=O)c1cc(-c2ccc(C(=O)O)c(C(=O)Nc3ccc(Oc4ccc(C)cc4)cc3)c2)ccc1OC=O. The van der Waals surface area contributed by atoms with Gasteiger partial charge in [0, 0.05) is 25.5 Å². The summed E-state index contributed by atoms with van der Waals surface area (Å²) in [5.74, 6) is -3.31. The van der Waals surface area contributed by atoms with Gasteiger partial charge in [-0.05, 0) is 133 Å². The number of carbonyl (C=O) groups excluding carboxylic acids is 6. The quantitative estimate of drug-likeness (QED) is 0.0496. The van der Waals surface area contributed by atoms with E-state index in [0.717, 1.165) is 11.1 Å². The van der Waals surface area contributed by atoms with Crippen LogP contribution in [0.5, 0.6) is 23.0 Å². The van der Waals surface area contributed by atoms with E-state index in [2.05, 4.69) is 21.3 Å². The van der Waals surface area contributed by atoms with Crippen molar-refractivity contribution < 1.29 is 62.8 Å². The molecule has 17 heteroatoms. The molecule has 6 N–H and O–H groups in total. The lowest BCUT2D eigenvalue weighted by Crippen LogP contribution is -2.19. The molecule has 0 saturated carbocycles. The average molecular weight is 957 g/mol. The fourth-order valence-corrected chi connectivity index (χ4v) is 6.93. The van der Waals surface area contributed by atoms with Crippen molar-refractivity contribution in [2.75, 3.05) is 24.7 Å². The maximum absolute atomic E-state index is 13.2. The number of carbonyl (C=O) groups is 8. The first-order chi connectivity index (χ1) is 34.1. The normalized spacial score (nSPS) is 10.3. The summed E-state index contributed by atoms with van der Waals surface area (Å²) >= 11 is 0. The molecule has 0 aromatic heterocycles. The summed E-state index contributed by atoms with van der Waals surface area (Å²) in [4.78, 5) is 95.6. The molecule has 0 unspecified atom stereocenters. The molecule has 4 amide bonds. The third-order valence-corrected chi connectivity index (χ3v) is 10.6. The Morgan fingerprint density at radius 3 is 1.08 bits per heavy atom. The Hall–Kier alpha value is -9.90. The number of ether oxygens (including phenoxy) is 3. The number of carboxylic acids is 2. The third-order valence-electron chi connectivity index (χ3n) is 10.6. The molecule has 7 aromatic carbocycles. The van der Waals surface area contributed by atoms with Crippen LogP contribution in [0.3, 0.4) is 0 Å². The average Bonchev–Trinajstić information content (AvgIpc) is 3.38. The molecule has 0 aliphatic carbocycles. The largest absolute Gasteiger partial charge is 0.478 e. The molecule has 0 radical (unpaired) electrons. The number of amides is 4. The molecule has 0 fully saturated rings. The Labute approximate surface area is 406 Å². The van der Waals surface area contributed by atoms with Crippen LogP contribution in [0.4, 0.5) is 11.4 Å². The van der Waals surface area contributed by atoms with Crippen molar-refractivity contribution >= 4 is 59.9 Å². The number of benzene rings is 7. The van der Waals surface area contributed by atoms with Gasteiger partial charge in [-0.1, -0.05) is 59.7 Å². The zero-order valence-electron chi connectivity index (χ0n) is 38.4. The lowest BCUT2D eigenvalue weighted by Gasteiger charge is -2.13. The van der Waals surface area contributed by atoms with Crippen LogP contribution in [-0.2, 0) is 9.59 Å². The van der Waals surface area contributed by atoms with E-state index in [1.165, 1.54) is 74.8 Å². The first kappa shape index (κ1) is 50.5. The number of anilines is 2. The van der Waals surface area contributed by atoms with E-state index in [-0.39, 0.29) is 57.8 Å². The molecule has 0 atom stereocenters. The fraction of sp³-hybridized carbons (Fsp3) is 0.0741. The van der Waals surface area contributed by atoms with E-state index in [1.54, 1.807) is 48.5 Å². The standard InChI is InChI=1S/C30H24N2O7.C24H20N2O6/c1-18-3-9-22(10-4-18)39-23-11-7-21(8-12-23)32-29(35)25-15-19(5-13-24(25)30(36)37)20-6-14-27(38-17-33)26(16-20)28(34)31-2;1-14-3-7-17(8-4-14)26-23(29)19-11-15(5-9-18(19)24(30)31)16-6-10-21(32-13-27)20(12-16)22(28)25-2/h3-17H,1-2H3,(H,31,34)(H,32,35)(H,36,37);3-13H,1-2H3,(H,25,28)(H,26,29)(H,30,31). The third kappa shape index (κ3) is 12.8. The summed E-state index contributed by atoms with van der Waals surface area (Å²) < 4.78 is 15.5. The van der Waals surface area contributed by atoms with Gasteiger partial charge in [0.2, 0.25) is 0 Å². The number of hydrogen-bond donors (Lipinski definition) is 6. The van der Waals surface area contributed by atoms with Crippen molar-refractivity contribution in [3.63, 3.8) is 0 Å². The van der Waals surface area contributed by atoms with Crippen LogP contribution < -0.4 is 35.5 Å². The molecule has 0 spiro atoms. The van der Waals surface area contributed by atoms with Gasteiger partial charge in [-0.3, -0.25) is 28.8 Å². The fourth-order valence-electron chi connectivity index (χ4n) is 6.93. The predicted octanol–water partition coefficient (Wildman–Crippen LogP) is 8.81. The number of carboxylic acid groups (broad SMARTS) is 2. The molecule has 0 heterocycles. The summed E-state index contributed by atoms with van der Waals surface area (Å²) in [5, 5.41) is 29.6. The van der Waals surface area contributed by atoms with E-state index in [0.29, 0.717) is 45.1 Å². The number of hydrogen-bond acceptors (Lipinski definition) is 11. The second-order valence-electron chi connectivity index (χ2n) is 15.4. The molecule has 0 bridgehead atoms. The van der Waals surface area contributed by atoms with E-state index < -0.39 is 35.6 Å². The van der Waals surface area contributed by atoms with Crippen LogP contribution >= 0.6 is 0 Å². The zero-order chi connectivity index (χ0) is 51.2. The van der Waals surface area contributed by atoms with Gasteiger partial charge in [0.25, 0.3) is 36.6 Å². The molecule has 17 nitrogen and oxygen atoms in total. The predicted molar refractivity (Wildman–Crippen MR) is 263 cm³/mol. The highest BCUT2D eigenvalue weighted by Gasteiger charge is 2.22. The Morgan fingerprint density at radius 2 is 0.732 bits per heavy atom. The number of rotatable bonds is 16. The first-order valence-corrected chi connectivity index (χ1v) is 21.3. The van der Waals surface area contributed by atoms with Crippen LogP contribution in [0.2, 0.25) is 0 Å². The molecule has 358 valence electrons. The Morgan fingerprint density at radius 1 is 0.408 bits per heavy atom. The van der Waals surface area contributed by atoms with Gasteiger partial charge in [0.1, 0.15) is 23.0 Å². The molecule has 0 aliphatic rings. The monoisotopic (exact) mass is 956 g/mol. The first-order valence-electron chi connectivity index (χ1n) is 21.3. The van der Waals surface area contributed by atoms with Gasteiger partial charge in [-0.25, -0.2) is 9.59 Å². The molecular formula is C54H44N4O13. The van der Waals surface area contributed by atoms with Gasteiger partial charge >= 0.3 is 11.9 Å². The summed E-state index contributed by atoms with van der Waals surface area (Å²) in [6.07, 6.45) is 0. The van der Waals surface area contributed by atoms with E-state index >= 15 is 0 Å². The maximum Gasteiger partial charge on any atom is 0.336 e. The highest BCUT2D eigenvalue weighted by molar-refractivity contribution is 6.12. The number of aromatic carboxylic acids is 2. The maximum atomic E-state index is 13.2. The van der Waals surface area contributed by atoms with Crippen LogP contribution in [0.25, 0.3) is 22.3 Å². The Kier molecular flexibility index (Phi) is 16.5. The van der Waals surface area contributed by atoms with Crippen LogP contribution in [-0.4, -0.2) is 72.8 Å². The van der Waals surface area contributed by atoms with Crippen molar-refractivity contribution in [3.8, 4) is 45.3 Å². The van der Waals surface area contributed by atoms with Gasteiger partial charge in [-0.15, -0.1) is 0 Å². The summed E-state index contributed by atoms with van der Waals surface area (Å²) in [6.45, 7) is 4.33. The molecule has 71 heavy (non-hydrogen) atoms. The summed E-state index contributed by atoms with van der Waals surface area (Å²) in [6, 6.07) is 39.0. The smallest absolute Gasteiger partial charge is 0.336 e. The van der Waals surface area contributed by atoms with Crippen molar-refractivity contribution in [1.82, 2.24) is 10.6 Å². The van der Waals surface area contributed by atoms with Crippen molar-refractivity contribution in [3.05, 3.63) is 190 Å². The number of aryl methyl sites for hydroxylation is 2. The van der Waals surface area contributed by atoms with Gasteiger partial charge in [0.05, 0.1) is 33.4 Å².